The summed E-state index contributed by atoms with van der Waals surface area (Å²) in [4.78, 5) is 0. The van der Waals surface area contributed by atoms with Gasteiger partial charge in [0, 0.05) is 0 Å². The summed E-state index contributed by atoms with van der Waals surface area (Å²) in [5.74, 6) is 0. The van der Waals surface area contributed by atoms with Crippen LogP contribution in [-0.4, -0.2) is 5.43 Å². The molecule has 0 saturated heterocycles. The molecule has 0 saturated carbocycles. The van der Waals surface area contributed by atoms with E-state index < -0.39 is 20.4 Å². The van der Waals surface area contributed by atoms with Gasteiger partial charge in [0.1, 0.15) is 0 Å². The molecule has 0 heterocycles. The average Bonchev–Trinajstić information content (AvgIpc) is 3.79. The Bertz CT molecular complexity index is 2300. The first kappa shape index (κ1) is 35.5. The molecule has 0 fully saturated rings. The van der Waals surface area contributed by atoms with E-state index in [0.717, 1.165) is 12.8 Å². The molecule has 0 amide bonds. The normalized spacial score (nSPS) is 16.6. The van der Waals surface area contributed by atoms with Crippen molar-refractivity contribution in [3.8, 4) is 44.5 Å². The molecule has 0 bridgehead atoms. The summed E-state index contributed by atoms with van der Waals surface area (Å²) in [6.07, 6.45) is 6.79. The van der Waals surface area contributed by atoms with Crippen molar-refractivity contribution in [2.45, 2.75) is 47.0 Å². The molecule has 0 nitrogen and oxygen atoms in total. The fraction of sp³-hybridized carbons (Fsp3) is 0.167. The van der Waals surface area contributed by atoms with E-state index in [1.807, 2.05) is 0 Å². The Balaban J connectivity index is 1.33. The van der Waals surface area contributed by atoms with Crippen molar-refractivity contribution >= 4 is 34.6 Å². The van der Waals surface area contributed by atoms with Crippen LogP contribution in [0.25, 0.3) is 56.7 Å². The number of allylic oxidation sites excluding steroid dienone is 2. The summed E-state index contributed by atoms with van der Waals surface area (Å²) >= 11 is -4.94. The molecule has 6 aromatic carbocycles. The zero-order valence-corrected chi connectivity index (χ0v) is 35.3. The standard InChI is InChI=1S/2C23H19.C2H6Si.2ClH.Zr/c2*1-2-17-15-19-11-8-14-22(23(19)16-17)21-13-7-6-12-20(21)18-9-4-3-5-10-18;1-3-2;;;/h2*3-16H,2H2,1H3;1-2H3;2*1H;/q;;;;;+2/p-2. The number of halogens is 2. The molecule has 0 spiro atoms. The number of rotatable bonds is 8. The van der Waals surface area contributed by atoms with Crippen LogP contribution in [0.3, 0.4) is 0 Å². The predicted molar refractivity (Wildman–Crippen MR) is 226 cm³/mol. The molecular weight excluding hydrogens is 767 g/mol. The summed E-state index contributed by atoms with van der Waals surface area (Å²) in [5, 5.41) is 0. The molecule has 258 valence electrons. The monoisotopic (exact) mass is 808 g/mol. The van der Waals surface area contributed by atoms with Gasteiger partial charge in [0.2, 0.25) is 0 Å². The van der Waals surface area contributed by atoms with Crippen LogP contribution in [0.5, 0.6) is 0 Å². The molecule has 8 rings (SSSR count). The summed E-state index contributed by atoms with van der Waals surface area (Å²) in [6.45, 7) is 9.41. The maximum atomic E-state index is 8.73. The Kier molecular flexibility index (Phi) is 9.59. The van der Waals surface area contributed by atoms with E-state index in [1.54, 1.807) is 0 Å². The molecule has 2 unspecified atom stereocenters. The first-order chi connectivity index (χ1) is 25.3. The third kappa shape index (κ3) is 5.65. The van der Waals surface area contributed by atoms with E-state index >= 15 is 0 Å². The molecule has 4 heteroatoms. The van der Waals surface area contributed by atoms with Crippen molar-refractivity contribution in [2.75, 3.05) is 0 Å². The summed E-state index contributed by atoms with van der Waals surface area (Å²) in [7, 11) is 17.5. The van der Waals surface area contributed by atoms with Crippen LogP contribution in [0.15, 0.2) is 157 Å². The van der Waals surface area contributed by atoms with E-state index in [1.165, 1.54) is 77.9 Å². The molecule has 0 aliphatic heterocycles. The van der Waals surface area contributed by atoms with Crippen molar-refractivity contribution in [1.82, 2.24) is 0 Å². The van der Waals surface area contributed by atoms with Gasteiger partial charge in [-0.05, 0) is 0 Å². The second kappa shape index (κ2) is 14.0. The Labute approximate surface area is 317 Å². The minimum absolute atomic E-state index is 0.0451. The van der Waals surface area contributed by atoms with E-state index in [4.69, 9.17) is 17.0 Å². The van der Waals surface area contributed by atoms with Crippen LogP contribution in [-0.2, 0) is 15.0 Å². The van der Waals surface area contributed by atoms with Crippen LogP contribution >= 0.6 is 17.0 Å². The van der Waals surface area contributed by atoms with Gasteiger partial charge in [-0.2, -0.15) is 0 Å². The van der Waals surface area contributed by atoms with Gasteiger partial charge in [0.05, 0.1) is 0 Å². The fourth-order valence-corrected chi connectivity index (χ4v) is 38.6. The van der Waals surface area contributed by atoms with E-state index in [0.29, 0.717) is 0 Å². The van der Waals surface area contributed by atoms with Gasteiger partial charge in [-0.3, -0.25) is 0 Å². The average molecular weight is 811 g/mol. The minimum atomic E-state index is -4.94. The summed E-state index contributed by atoms with van der Waals surface area (Å²) < 4.78 is 0.0901. The third-order valence-corrected chi connectivity index (χ3v) is 58.3. The Hall–Kier alpha value is -3.52. The second-order valence-electron chi connectivity index (χ2n) is 14.6. The summed E-state index contributed by atoms with van der Waals surface area (Å²) in [5.41, 5.74) is 16.8. The number of hydrogen-bond acceptors (Lipinski definition) is 0. The molecule has 52 heavy (non-hydrogen) atoms. The molecule has 0 radical (unpaired) electrons. The summed E-state index contributed by atoms with van der Waals surface area (Å²) in [6, 6.07) is 52.9. The third-order valence-electron chi connectivity index (χ3n) is 11.7. The zero-order chi connectivity index (χ0) is 36.1. The van der Waals surface area contributed by atoms with Gasteiger partial charge in [0.15, 0.2) is 0 Å². The van der Waals surface area contributed by atoms with Crippen molar-refractivity contribution in [2.24, 2.45) is 0 Å². The van der Waals surface area contributed by atoms with E-state index in [-0.39, 0.29) is 7.25 Å². The van der Waals surface area contributed by atoms with Crippen LogP contribution in [0.1, 0.15) is 56.2 Å². The second-order valence-corrected chi connectivity index (χ2v) is 53.4. The van der Waals surface area contributed by atoms with E-state index in [9.17, 15) is 0 Å². The number of benzene rings is 6. The SMILES string of the molecule is CCC1=Cc2c(-c3ccccc3-c3ccccc3)cccc2[CH]1[Zr]([Cl])([Cl])([CH]1C(CC)=Cc2c(-c3ccccc3-c3ccccc3)cccc21)=[Si](C)C. The van der Waals surface area contributed by atoms with Gasteiger partial charge < -0.3 is 0 Å². The first-order valence-corrected chi connectivity index (χ1v) is 34.0. The van der Waals surface area contributed by atoms with Crippen molar-refractivity contribution in [3.05, 3.63) is 179 Å². The maximum absolute atomic E-state index is 8.73. The van der Waals surface area contributed by atoms with Crippen LogP contribution < -0.4 is 0 Å². The van der Waals surface area contributed by atoms with E-state index in [2.05, 4.69) is 185 Å². The van der Waals surface area contributed by atoms with Gasteiger partial charge in [-0.25, -0.2) is 0 Å². The predicted octanol–water partition coefficient (Wildman–Crippen LogP) is 15.0. The topological polar surface area (TPSA) is 0 Å². The molecule has 6 aromatic rings. The quantitative estimate of drug-likeness (QED) is 0.134. The van der Waals surface area contributed by atoms with Crippen molar-refractivity contribution in [3.63, 3.8) is 0 Å². The van der Waals surface area contributed by atoms with Crippen LogP contribution in [0, 0.1) is 0 Å². The van der Waals surface area contributed by atoms with Gasteiger partial charge >= 0.3 is 320 Å². The molecular formula is C48H44Cl2SiZr. The molecule has 0 N–H and O–H groups in total. The molecule has 2 aliphatic carbocycles. The molecule has 2 atom stereocenters. The Morgan fingerprint density at radius 1 is 0.442 bits per heavy atom. The number of fused-ring (bicyclic) bond motifs is 2. The van der Waals surface area contributed by atoms with Gasteiger partial charge in [-0.15, -0.1) is 0 Å². The van der Waals surface area contributed by atoms with Gasteiger partial charge in [0.25, 0.3) is 0 Å². The molecule has 0 aromatic heterocycles. The Morgan fingerprint density at radius 3 is 1.15 bits per heavy atom. The Morgan fingerprint density at radius 2 is 0.788 bits per heavy atom. The van der Waals surface area contributed by atoms with Crippen LogP contribution in [0.2, 0.25) is 13.1 Å². The van der Waals surface area contributed by atoms with Gasteiger partial charge in [-0.1, -0.05) is 0 Å². The van der Waals surface area contributed by atoms with Crippen LogP contribution in [0.4, 0.5) is 0 Å². The first-order valence-electron chi connectivity index (χ1n) is 18.6. The fourth-order valence-electron chi connectivity index (χ4n) is 9.18. The number of hydrogen-bond donors (Lipinski definition) is 0. The van der Waals surface area contributed by atoms with Crippen molar-refractivity contribution in [1.29, 1.82) is 0 Å². The zero-order valence-electron chi connectivity index (χ0n) is 30.3. The molecule has 2 aliphatic rings. The van der Waals surface area contributed by atoms with Crippen molar-refractivity contribution < 1.29 is 15.0 Å².